The molecule has 0 aliphatic carbocycles. The molecule has 5 nitrogen and oxygen atoms in total. The van der Waals surface area contributed by atoms with Crippen molar-refractivity contribution in [3.05, 3.63) is 81.2 Å². The largest absolute Gasteiger partial charge is 0.372 e. The molecule has 0 N–H and O–H groups in total. The van der Waals surface area contributed by atoms with Crippen molar-refractivity contribution in [3.63, 3.8) is 0 Å². The van der Waals surface area contributed by atoms with Crippen LogP contribution in [0.5, 0.6) is 0 Å². The van der Waals surface area contributed by atoms with Crippen LogP contribution in [0.25, 0.3) is 16.5 Å². The first kappa shape index (κ1) is 28.2. The maximum atomic E-state index is 13.4. The fourth-order valence-electron chi connectivity index (χ4n) is 4.81. The highest BCUT2D eigenvalue weighted by molar-refractivity contribution is 7.96. The highest BCUT2D eigenvalue weighted by Crippen LogP contribution is 2.45. The zero-order chi connectivity index (χ0) is 26.8. The molecule has 3 rings (SSSR count). The number of anilines is 1. The van der Waals surface area contributed by atoms with Crippen LogP contribution in [-0.4, -0.2) is 21.5 Å². The van der Waals surface area contributed by atoms with Crippen molar-refractivity contribution in [1.29, 1.82) is 5.26 Å². The number of unbranched alkanes of at least 4 members (excludes halogenated alkanes) is 6. The van der Waals surface area contributed by atoms with Gasteiger partial charge in [-0.15, -0.1) is 0 Å². The Kier molecular flexibility index (Phi) is 10.1. The second kappa shape index (κ2) is 13.3. The van der Waals surface area contributed by atoms with Gasteiger partial charge >= 0.3 is 0 Å². The molecule has 2 aromatic rings. The van der Waals surface area contributed by atoms with Crippen LogP contribution in [0, 0.1) is 24.8 Å². The summed E-state index contributed by atoms with van der Waals surface area (Å²) in [6.45, 7) is 15.9. The summed E-state index contributed by atoms with van der Waals surface area (Å²) in [5.41, 5.74) is 3.29. The Morgan fingerprint density at radius 3 is 2.22 bits per heavy atom. The lowest BCUT2D eigenvalue weighted by molar-refractivity contribution is 0.604. The number of aryl methyl sites for hydroxylation is 1. The van der Waals surface area contributed by atoms with Crippen molar-refractivity contribution in [1.82, 2.24) is 0 Å². The molecule has 0 amide bonds. The van der Waals surface area contributed by atoms with Crippen LogP contribution in [0.2, 0.25) is 0 Å². The Labute approximate surface area is 222 Å². The number of nitrogens with zero attached hydrogens (tertiary/aromatic N) is 3. The van der Waals surface area contributed by atoms with Gasteiger partial charge in [-0.1, -0.05) is 76.6 Å². The second-order valence-electron chi connectivity index (χ2n) is 9.60. The molecule has 2 aromatic carbocycles. The minimum absolute atomic E-state index is 0.0214. The van der Waals surface area contributed by atoms with Crippen LogP contribution in [0.4, 0.5) is 5.69 Å². The first-order valence-electron chi connectivity index (χ1n) is 13.3. The highest BCUT2D eigenvalue weighted by Gasteiger charge is 2.37. The number of nitriles is 1. The van der Waals surface area contributed by atoms with Gasteiger partial charge in [0.2, 0.25) is 9.84 Å². The lowest BCUT2D eigenvalue weighted by Crippen LogP contribution is -2.25. The van der Waals surface area contributed by atoms with Gasteiger partial charge in [-0.3, -0.25) is 0 Å². The van der Waals surface area contributed by atoms with E-state index >= 15 is 0 Å². The van der Waals surface area contributed by atoms with E-state index < -0.39 is 9.84 Å². The molecule has 6 heteroatoms. The van der Waals surface area contributed by atoms with Crippen LogP contribution in [-0.2, 0) is 9.84 Å². The summed E-state index contributed by atoms with van der Waals surface area (Å²) in [4.78, 5) is 5.97. The fraction of sp³-hybridized carbons (Fsp3) is 0.419. The molecule has 0 spiro atoms. The average Bonchev–Trinajstić information content (AvgIpc) is 3.11. The minimum atomic E-state index is -3.84. The number of hydrogen-bond donors (Lipinski definition) is 0. The zero-order valence-electron chi connectivity index (χ0n) is 22.3. The van der Waals surface area contributed by atoms with Crippen LogP contribution in [0.3, 0.4) is 0 Å². The van der Waals surface area contributed by atoms with Crippen molar-refractivity contribution < 1.29 is 8.42 Å². The molecule has 0 fully saturated rings. The Morgan fingerprint density at radius 1 is 1.00 bits per heavy atom. The second-order valence-corrected chi connectivity index (χ2v) is 11.5. The summed E-state index contributed by atoms with van der Waals surface area (Å²) >= 11 is 0. The van der Waals surface area contributed by atoms with Crippen molar-refractivity contribution in [2.45, 2.75) is 77.0 Å². The standard InChI is InChI=1S/C31H37N3O2S/c1-5-7-9-13-19-34(20-14-10-8-6-2)26-18-17-25(24(3)21-26)22-30-31(28(23-32)33-4)27-15-11-12-16-29(27)37(30,35)36/h11-12,15-18,21-22H,5-10,13-14,19-20H2,1-3H3/b30-22-,31-28?. The summed E-state index contributed by atoms with van der Waals surface area (Å²) < 4.78 is 26.9. The van der Waals surface area contributed by atoms with Gasteiger partial charge in [0, 0.05) is 24.4 Å². The van der Waals surface area contributed by atoms with Crippen molar-refractivity contribution in [2.24, 2.45) is 0 Å². The fourth-order valence-corrected chi connectivity index (χ4v) is 6.52. The maximum absolute atomic E-state index is 13.4. The number of allylic oxidation sites excluding steroid dienone is 2. The molecule has 0 saturated carbocycles. The smallest absolute Gasteiger partial charge is 0.270 e. The van der Waals surface area contributed by atoms with Gasteiger partial charge in [0.1, 0.15) is 0 Å². The topological polar surface area (TPSA) is 65.5 Å². The van der Waals surface area contributed by atoms with E-state index in [0.29, 0.717) is 5.56 Å². The number of sulfone groups is 1. The van der Waals surface area contributed by atoms with Crippen LogP contribution >= 0.6 is 0 Å². The first-order chi connectivity index (χ1) is 17.9. The molecule has 1 aliphatic heterocycles. The summed E-state index contributed by atoms with van der Waals surface area (Å²) in [6, 6.07) is 14.6. The van der Waals surface area contributed by atoms with Crippen LogP contribution < -0.4 is 4.90 Å². The number of rotatable bonds is 12. The lowest BCUT2D eigenvalue weighted by Gasteiger charge is -2.26. The maximum Gasteiger partial charge on any atom is 0.270 e. The van der Waals surface area contributed by atoms with Gasteiger partial charge in [-0.2, -0.15) is 0 Å². The van der Waals surface area contributed by atoms with Gasteiger partial charge in [0.15, 0.2) is 0 Å². The minimum Gasteiger partial charge on any atom is -0.372 e. The van der Waals surface area contributed by atoms with E-state index in [1.165, 1.54) is 44.6 Å². The Bertz CT molecular complexity index is 1330. The van der Waals surface area contributed by atoms with Gasteiger partial charge in [0.25, 0.3) is 5.70 Å². The number of fused-ring (bicyclic) bond motifs is 1. The first-order valence-corrected chi connectivity index (χ1v) is 14.8. The third-order valence-corrected chi connectivity index (χ3v) is 8.74. The molecule has 1 heterocycles. The summed E-state index contributed by atoms with van der Waals surface area (Å²) in [7, 11) is -3.84. The third kappa shape index (κ3) is 6.51. The molecule has 0 unspecified atom stereocenters. The molecule has 0 saturated heterocycles. The predicted octanol–water partition coefficient (Wildman–Crippen LogP) is 7.94. The van der Waals surface area contributed by atoms with Crippen LogP contribution in [0.15, 0.2) is 58.0 Å². The van der Waals surface area contributed by atoms with Crippen molar-refractivity contribution in [3.8, 4) is 6.07 Å². The molecule has 0 bridgehead atoms. The lowest BCUT2D eigenvalue weighted by atomic mass is 10.0. The van der Waals surface area contributed by atoms with E-state index in [0.717, 1.165) is 42.7 Å². The van der Waals surface area contributed by atoms with E-state index in [-0.39, 0.29) is 21.1 Å². The quantitative estimate of drug-likeness (QED) is 0.163. The number of benzene rings is 2. The molecular formula is C31H37N3O2S. The van der Waals surface area contributed by atoms with E-state index in [4.69, 9.17) is 6.57 Å². The van der Waals surface area contributed by atoms with E-state index in [1.807, 2.05) is 19.1 Å². The van der Waals surface area contributed by atoms with E-state index in [2.05, 4.69) is 35.7 Å². The molecule has 0 radical (unpaired) electrons. The summed E-state index contributed by atoms with van der Waals surface area (Å²) in [5.74, 6) is 0. The van der Waals surface area contributed by atoms with E-state index in [1.54, 1.807) is 24.3 Å². The van der Waals surface area contributed by atoms with Crippen LogP contribution in [0.1, 0.15) is 81.9 Å². The van der Waals surface area contributed by atoms with Gasteiger partial charge < -0.3 is 4.90 Å². The van der Waals surface area contributed by atoms with E-state index in [9.17, 15) is 13.7 Å². The average molecular weight is 516 g/mol. The third-order valence-electron chi connectivity index (χ3n) is 6.90. The predicted molar refractivity (Wildman–Crippen MR) is 152 cm³/mol. The van der Waals surface area contributed by atoms with Gasteiger partial charge in [-0.05, 0) is 60.7 Å². The van der Waals surface area contributed by atoms with Crippen molar-refractivity contribution in [2.75, 3.05) is 18.0 Å². The molecule has 194 valence electrons. The molecule has 1 aliphatic rings. The Morgan fingerprint density at radius 2 is 1.65 bits per heavy atom. The molecule has 0 aromatic heterocycles. The monoisotopic (exact) mass is 515 g/mol. The van der Waals surface area contributed by atoms with Crippen molar-refractivity contribution >= 4 is 27.2 Å². The number of hydrogen-bond acceptors (Lipinski definition) is 4. The Hall–Kier alpha value is -3.35. The normalized spacial score (nSPS) is 16.2. The molecule has 0 atom stereocenters. The summed E-state index contributed by atoms with van der Waals surface area (Å²) in [6.07, 6.45) is 11.3. The molecule has 37 heavy (non-hydrogen) atoms. The van der Waals surface area contributed by atoms with Gasteiger partial charge in [0.05, 0.1) is 22.4 Å². The molecular weight excluding hydrogens is 478 g/mol. The SMILES string of the molecule is [C-]#[N+]C(C#N)=C1/C(=C/c2ccc(N(CCCCCC)CCCCCC)cc2C)S(=O)(=O)c2ccccc21. The Balaban J connectivity index is 1.99. The zero-order valence-corrected chi connectivity index (χ0v) is 23.1. The highest BCUT2D eigenvalue weighted by atomic mass is 32.2. The van der Waals surface area contributed by atoms with Gasteiger partial charge in [-0.25, -0.2) is 18.5 Å². The summed E-state index contributed by atoms with van der Waals surface area (Å²) in [5, 5.41) is 9.58.